The minimum absolute atomic E-state index is 0.783. The van der Waals surface area contributed by atoms with Crippen LogP contribution in [0.15, 0.2) is 54.6 Å². The lowest BCUT2D eigenvalue weighted by atomic mass is 10.0. The minimum Gasteiger partial charge on any atom is -0.493 e. The lowest BCUT2D eigenvalue weighted by Crippen LogP contribution is -1.99. The summed E-state index contributed by atoms with van der Waals surface area (Å²) in [5, 5.41) is 0. The Kier molecular flexibility index (Phi) is 15.3. The van der Waals surface area contributed by atoms with E-state index in [9.17, 15) is 0 Å². The van der Waals surface area contributed by atoms with Crippen LogP contribution in [0.3, 0.4) is 0 Å². The van der Waals surface area contributed by atoms with Crippen LogP contribution in [0.1, 0.15) is 114 Å². The van der Waals surface area contributed by atoms with Crippen molar-refractivity contribution >= 4 is 23.2 Å². The Morgan fingerprint density at radius 2 is 1.29 bits per heavy atom. The number of aryl methyl sites for hydroxylation is 1. The van der Waals surface area contributed by atoms with E-state index in [1.807, 2.05) is 12.1 Å². The summed E-state index contributed by atoms with van der Waals surface area (Å²) in [6.45, 7) is 5.27. The van der Waals surface area contributed by atoms with Crippen molar-refractivity contribution in [2.45, 2.75) is 104 Å². The number of benzene rings is 2. The highest BCUT2D eigenvalue weighted by Crippen LogP contribution is 2.21. The predicted octanol–water partition coefficient (Wildman–Crippen LogP) is 10.2. The normalized spacial score (nSPS) is 11.2. The Hall–Kier alpha value is -1.93. The molecule has 186 valence electrons. The molecule has 34 heavy (non-hydrogen) atoms. The second-order valence-electron chi connectivity index (χ2n) is 9.42. The van der Waals surface area contributed by atoms with Crippen LogP contribution >= 0.6 is 12.2 Å². The summed E-state index contributed by atoms with van der Waals surface area (Å²) in [6.07, 6.45) is 22.7. The van der Waals surface area contributed by atoms with Gasteiger partial charge in [-0.3, -0.25) is 0 Å². The molecule has 0 saturated heterocycles. The van der Waals surface area contributed by atoms with E-state index in [0.29, 0.717) is 0 Å². The van der Waals surface area contributed by atoms with Gasteiger partial charge >= 0.3 is 0 Å². The molecule has 0 aliphatic rings. The van der Waals surface area contributed by atoms with Crippen LogP contribution in [0.25, 0.3) is 6.08 Å². The number of ether oxygens (including phenoxy) is 1. The highest BCUT2D eigenvalue weighted by atomic mass is 32.1. The molecule has 0 radical (unpaired) electrons. The maximum Gasteiger partial charge on any atom is 0.126 e. The predicted molar refractivity (Wildman–Crippen MR) is 154 cm³/mol. The van der Waals surface area contributed by atoms with Crippen molar-refractivity contribution in [1.29, 1.82) is 0 Å². The van der Waals surface area contributed by atoms with Gasteiger partial charge in [-0.25, -0.2) is 0 Å². The fourth-order valence-corrected chi connectivity index (χ4v) is 4.47. The van der Waals surface area contributed by atoms with Crippen LogP contribution in [-0.2, 0) is 6.42 Å². The zero-order chi connectivity index (χ0) is 24.3. The number of rotatable bonds is 19. The maximum atomic E-state index is 6.12. The Labute approximate surface area is 215 Å². The third-order valence-electron chi connectivity index (χ3n) is 6.37. The van der Waals surface area contributed by atoms with E-state index in [1.54, 1.807) is 0 Å². The largest absolute Gasteiger partial charge is 0.493 e. The van der Waals surface area contributed by atoms with Crippen LogP contribution in [-0.4, -0.2) is 11.5 Å². The van der Waals surface area contributed by atoms with Crippen LogP contribution < -0.4 is 4.74 Å². The molecule has 0 saturated carbocycles. The quantitative estimate of drug-likeness (QED) is 0.0859. The van der Waals surface area contributed by atoms with Crippen molar-refractivity contribution < 1.29 is 4.74 Å². The van der Waals surface area contributed by atoms with Gasteiger partial charge < -0.3 is 4.74 Å². The molecule has 0 fully saturated rings. The summed E-state index contributed by atoms with van der Waals surface area (Å²) in [5.41, 5.74) is 3.56. The third-order valence-corrected chi connectivity index (χ3v) is 6.74. The van der Waals surface area contributed by atoms with E-state index in [0.717, 1.165) is 41.2 Å². The van der Waals surface area contributed by atoms with Gasteiger partial charge in [0.25, 0.3) is 0 Å². The van der Waals surface area contributed by atoms with Crippen molar-refractivity contribution in [3.63, 3.8) is 0 Å². The Balaban J connectivity index is 1.64. The van der Waals surface area contributed by atoms with E-state index in [2.05, 4.69) is 62.4 Å². The monoisotopic (exact) mass is 478 g/mol. The lowest BCUT2D eigenvalue weighted by molar-refractivity contribution is 0.303. The second kappa shape index (κ2) is 18.4. The molecule has 0 aliphatic carbocycles. The van der Waals surface area contributed by atoms with Gasteiger partial charge in [0, 0.05) is 10.4 Å². The number of unbranched alkanes of at least 4 members (excludes halogenated alkanes) is 11. The summed E-state index contributed by atoms with van der Waals surface area (Å²) < 4.78 is 6.12. The SMILES string of the molecule is CCCCCCCCCCCCCCOc1ccccc1C=CC(=S)c1ccc(CCC)cc1. The van der Waals surface area contributed by atoms with Crippen LogP contribution in [0.4, 0.5) is 0 Å². The molecule has 2 aromatic rings. The van der Waals surface area contributed by atoms with Crippen LogP contribution in [0.2, 0.25) is 0 Å². The smallest absolute Gasteiger partial charge is 0.126 e. The zero-order valence-electron chi connectivity index (χ0n) is 21.7. The van der Waals surface area contributed by atoms with Gasteiger partial charge in [0.2, 0.25) is 0 Å². The molecule has 0 bridgehead atoms. The summed E-state index contributed by atoms with van der Waals surface area (Å²) in [5.74, 6) is 0.947. The molecule has 0 amide bonds. The highest BCUT2D eigenvalue weighted by Gasteiger charge is 2.02. The first-order chi connectivity index (χ1) is 16.7. The van der Waals surface area contributed by atoms with E-state index in [4.69, 9.17) is 17.0 Å². The molecule has 0 aromatic heterocycles. The van der Waals surface area contributed by atoms with Crippen molar-refractivity contribution in [3.8, 4) is 5.75 Å². The van der Waals surface area contributed by atoms with Gasteiger partial charge in [0.15, 0.2) is 0 Å². The minimum atomic E-state index is 0.783. The van der Waals surface area contributed by atoms with Gasteiger partial charge in [-0.2, -0.15) is 0 Å². The topological polar surface area (TPSA) is 9.23 Å². The van der Waals surface area contributed by atoms with Gasteiger partial charge in [-0.1, -0.05) is 146 Å². The van der Waals surface area contributed by atoms with Crippen molar-refractivity contribution in [1.82, 2.24) is 0 Å². The zero-order valence-corrected chi connectivity index (χ0v) is 22.5. The first kappa shape index (κ1) is 28.3. The number of hydrogen-bond acceptors (Lipinski definition) is 2. The summed E-state index contributed by atoms with van der Waals surface area (Å²) in [7, 11) is 0. The molecule has 2 rings (SSSR count). The molecule has 0 unspecified atom stereocenters. The molecule has 0 aliphatic heterocycles. The van der Waals surface area contributed by atoms with Gasteiger partial charge in [0.05, 0.1) is 6.61 Å². The molecule has 2 heteroatoms. The van der Waals surface area contributed by atoms with Gasteiger partial charge in [0.1, 0.15) is 5.75 Å². The first-order valence-electron chi connectivity index (χ1n) is 13.8. The van der Waals surface area contributed by atoms with Gasteiger partial charge in [-0.15, -0.1) is 0 Å². The van der Waals surface area contributed by atoms with Crippen LogP contribution in [0.5, 0.6) is 5.75 Å². The lowest BCUT2D eigenvalue weighted by Gasteiger charge is -2.09. The number of thiocarbonyl (C=S) groups is 1. The van der Waals surface area contributed by atoms with Gasteiger partial charge in [-0.05, 0) is 42.2 Å². The summed E-state index contributed by atoms with van der Waals surface area (Å²) >= 11 is 5.64. The molecular formula is C32H46OS. The number of allylic oxidation sites excluding steroid dienone is 1. The first-order valence-corrected chi connectivity index (χ1v) is 14.2. The maximum absolute atomic E-state index is 6.12. The van der Waals surface area contributed by atoms with Crippen molar-refractivity contribution in [2.75, 3.05) is 6.61 Å². The average Bonchev–Trinajstić information content (AvgIpc) is 2.86. The third kappa shape index (κ3) is 12.0. The van der Waals surface area contributed by atoms with Crippen molar-refractivity contribution in [2.24, 2.45) is 0 Å². The number of hydrogen-bond donors (Lipinski definition) is 0. The fourth-order valence-electron chi connectivity index (χ4n) is 4.26. The number of para-hydroxylation sites is 1. The van der Waals surface area contributed by atoms with E-state index < -0.39 is 0 Å². The van der Waals surface area contributed by atoms with E-state index in [1.165, 1.54) is 82.6 Å². The molecular weight excluding hydrogens is 432 g/mol. The standard InChI is InChI=1S/C32H46OS/c1-3-5-6-7-8-9-10-11-12-13-14-17-27-33-31-20-16-15-19-29(31)25-26-32(34)30-23-21-28(18-4-2)22-24-30/h15-16,19-26H,3-14,17-18,27H2,1-2H3. The Morgan fingerprint density at radius 3 is 1.91 bits per heavy atom. The van der Waals surface area contributed by atoms with Crippen molar-refractivity contribution in [3.05, 3.63) is 71.3 Å². The molecule has 2 aromatic carbocycles. The molecule has 0 atom stereocenters. The van der Waals surface area contributed by atoms with E-state index in [-0.39, 0.29) is 0 Å². The highest BCUT2D eigenvalue weighted by molar-refractivity contribution is 7.81. The molecule has 0 spiro atoms. The second-order valence-corrected chi connectivity index (χ2v) is 9.86. The van der Waals surface area contributed by atoms with E-state index >= 15 is 0 Å². The summed E-state index contributed by atoms with van der Waals surface area (Å²) in [4.78, 5) is 0.860. The summed E-state index contributed by atoms with van der Waals surface area (Å²) in [6, 6.07) is 16.9. The van der Waals surface area contributed by atoms with Crippen LogP contribution in [0, 0.1) is 0 Å². The Morgan fingerprint density at radius 1 is 0.706 bits per heavy atom. The molecule has 0 N–H and O–H groups in total. The molecule has 1 nitrogen and oxygen atoms in total. The average molecular weight is 479 g/mol. The molecule has 0 heterocycles. The Bertz CT molecular complexity index is 821. The fraction of sp³-hybridized carbons (Fsp3) is 0.531.